The molecule has 0 bridgehead atoms. The first-order chi connectivity index (χ1) is 11.9. The third kappa shape index (κ3) is 4.92. The van der Waals surface area contributed by atoms with E-state index in [1.807, 2.05) is 86.5 Å². The number of likely N-dealkylation sites (N-methyl/N-ethyl adjacent to an activating group) is 1. The van der Waals surface area contributed by atoms with Crippen molar-refractivity contribution in [2.75, 3.05) is 32.1 Å². The number of Topliss-reactive ketones (excluding diaryl/α,β-unsaturated/α-hetero) is 1. The van der Waals surface area contributed by atoms with Crippen molar-refractivity contribution >= 4 is 23.5 Å². The number of aryl methyl sites for hydroxylation is 2. The lowest BCUT2D eigenvalue weighted by Gasteiger charge is -2.19. The van der Waals surface area contributed by atoms with Gasteiger partial charge in [0.1, 0.15) is 0 Å². The molecule has 0 N–H and O–H groups in total. The number of benzene rings is 2. The van der Waals surface area contributed by atoms with Gasteiger partial charge in [0, 0.05) is 31.9 Å². The van der Waals surface area contributed by atoms with E-state index in [-0.39, 0.29) is 5.78 Å². The summed E-state index contributed by atoms with van der Waals surface area (Å²) in [5.41, 5.74) is 4.68. The van der Waals surface area contributed by atoms with Crippen LogP contribution < -0.4 is 4.90 Å². The zero-order valence-electron chi connectivity index (χ0n) is 15.8. The van der Waals surface area contributed by atoms with Gasteiger partial charge in [-0.15, -0.1) is 0 Å². The SMILES string of the molecule is CCN(C)C=Nc1cc(C)c(C(=O)CN(C)c2ccccc2)cc1C. The average molecular weight is 337 g/mol. The number of nitrogens with zero attached hydrogens (tertiary/aromatic N) is 3. The highest BCUT2D eigenvalue weighted by atomic mass is 16.1. The van der Waals surface area contributed by atoms with Gasteiger partial charge >= 0.3 is 0 Å². The van der Waals surface area contributed by atoms with Crippen molar-refractivity contribution in [2.24, 2.45) is 4.99 Å². The third-order valence-corrected chi connectivity index (χ3v) is 4.31. The molecule has 0 amide bonds. The number of rotatable bonds is 7. The van der Waals surface area contributed by atoms with Crippen LogP contribution in [0, 0.1) is 13.8 Å². The fraction of sp³-hybridized carbons (Fsp3) is 0.333. The van der Waals surface area contributed by atoms with Gasteiger partial charge in [0.2, 0.25) is 0 Å². The standard InChI is InChI=1S/C21H27N3O/c1-6-23(4)15-22-20-13-16(2)19(12-17(20)3)21(25)14-24(5)18-10-8-7-9-11-18/h7-13,15H,6,14H2,1-5H3. The Kier molecular flexibility index (Phi) is 6.34. The molecule has 4 nitrogen and oxygen atoms in total. The molecule has 0 aliphatic carbocycles. The van der Waals surface area contributed by atoms with Crippen molar-refractivity contribution in [3.63, 3.8) is 0 Å². The molecule has 0 aromatic heterocycles. The van der Waals surface area contributed by atoms with Crippen molar-refractivity contribution in [3.8, 4) is 0 Å². The van der Waals surface area contributed by atoms with Crippen LogP contribution in [0.15, 0.2) is 47.5 Å². The van der Waals surface area contributed by atoms with E-state index in [1.165, 1.54) is 0 Å². The Morgan fingerprint density at radius 2 is 1.76 bits per heavy atom. The number of anilines is 1. The summed E-state index contributed by atoms with van der Waals surface area (Å²) in [7, 11) is 3.93. The van der Waals surface area contributed by atoms with Crippen LogP contribution in [0.2, 0.25) is 0 Å². The van der Waals surface area contributed by atoms with Crippen LogP contribution in [-0.2, 0) is 0 Å². The normalized spacial score (nSPS) is 10.9. The fourth-order valence-corrected chi connectivity index (χ4v) is 2.56. The molecule has 4 heteroatoms. The summed E-state index contributed by atoms with van der Waals surface area (Å²) in [6, 6.07) is 13.9. The first-order valence-electron chi connectivity index (χ1n) is 8.57. The van der Waals surface area contributed by atoms with Crippen LogP contribution >= 0.6 is 0 Å². The molecule has 132 valence electrons. The summed E-state index contributed by atoms with van der Waals surface area (Å²) >= 11 is 0. The topological polar surface area (TPSA) is 35.9 Å². The Morgan fingerprint density at radius 3 is 2.40 bits per heavy atom. The van der Waals surface area contributed by atoms with Gasteiger partial charge in [0.25, 0.3) is 0 Å². The van der Waals surface area contributed by atoms with E-state index in [0.717, 1.165) is 34.6 Å². The van der Waals surface area contributed by atoms with Crippen molar-refractivity contribution in [2.45, 2.75) is 20.8 Å². The maximum atomic E-state index is 12.7. The first-order valence-corrected chi connectivity index (χ1v) is 8.57. The van der Waals surface area contributed by atoms with E-state index in [9.17, 15) is 4.79 Å². The molecule has 0 heterocycles. The summed E-state index contributed by atoms with van der Waals surface area (Å²) in [5.74, 6) is 0.119. The monoisotopic (exact) mass is 337 g/mol. The van der Waals surface area contributed by atoms with Crippen molar-refractivity contribution in [3.05, 3.63) is 59.2 Å². The predicted octanol–water partition coefficient (Wildman–Crippen LogP) is 4.23. The highest BCUT2D eigenvalue weighted by Gasteiger charge is 2.14. The Morgan fingerprint density at radius 1 is 1.08 bits per heavy atom. The number of aliphatic imine (C=N–C) groups is 1. The van der Waals surface area contributed by atoms with E-state index in [4.69, 9.17) is 0 Å². The van der Waals surface area contributed by atoms with Gasteiger partial charge in [-0.1, -0.05) is 18.2 Å². The molecule has 0 saturated carbocycles. The maximum absolute atomic E-state index is 12.7. The number of hydrogen-bond acceptors (Lipinski definition) is 3. The van der Waals surface area contributed by atoms with Crippen molar-refractivity contribution < 1.29 is 4.79 Å². The summed E-state index contributed by atoms with van der Waals surface area (Å²) in [6.45, 7) is 7.30. The van der Waals surface area contributed by atoms with E-state index in [1.54, 1.807) is 0 Å². The van der Waals surface area contributed by atoms with E-state index >= 15 is 0 Å². The molecule has 0 aliphatic heterocycles. The van der Waals surface area contributed by atoms with Crippen molar-refractivity contribution in [1.29, 1.82) is 0 Å². The van der Waals surface area contributed by atoms with E-state index < -0.39 is 0 Å². The van der Waals surface area contributed by atoms with Crippen LogP contribution in [0.25, 0.3) is 0 Å². The van der Waals surface area contributed by atoms with Gasteiger partial charge < -0.3 is 9.80 Å². The molecule has 2 rings (SSSR count). The number of carbonyl (C=O) groups is 1. The second-order valence-corrected chi connectivity index (χ2v) is 6.39. The molecule has 2 aromatic carbocycles. The van der Waals surface area contributed by atoms with Gasteiger partial charge in [0.15, 0.2) is 5.78 Å². The molecule has 0 spiro atoms. The Labute approximate surface area is 150 Å². The molecule has 0 radical (unpaired) electrons. The molecule has 0 unspecified atom stereocenters. The summed E-state index contributed by atoms with van der Waals surface area (Å²) in [6.07, 6.45) is 1.83. The Balaban J connectivity index is 2.17. The number of carbonyl (C=O) groups excluding carboxylic acids is 1. The van der Waals surface area contributed by atoms with Crippen LogP contribution in [0.3, 0.4) is 0 Å². The number of hydrogen-bond donors (Lipinski definition) is 0. The maximum Gasteiger partial charge on any atom is 0.182 e. The minimum absolute atomic E-state index is 0.119. The van der Waals surface area contributed by atoms with Gasteiger partial charge in [-0.2, -0.15) is 0 Å². The third-order valence-electron chi connectivity index (χ3n) is 4.31. The van der Waals surface area contributed by atoms with Crippen LogP contribution in [-0.4, -0.2) is 44.2 Å². The predicted molar refractivity (Wildman–Crippen MR) is 106 cm³/mol. The molecule has 0 saturated heterocycles. The first kappa shape index (κ1) is 18.7. The van der Waals surface area contributed by atoms with E-state index in [2.05, 4.69) is 11.9 Å². The van der Waals surface area contributed by atoms with Crippen LogP contribution in [0.4, 0.5) is 11.4 Å². The number of para-hydroxylation sites is 1. The van der Waals surface area contributed by atoms with Gasteiger partial charge in [-0.25, -0.2) is 4.99 Å². The summed E-state index contributed by atoms with van der Waals surface area (Å²) < 4.78 is 0. The fourth-order valence-electron chi connectivity index (χ4n) is 2.56. The molecule has 25 heavy (non-hydrogen) atoms. The largest absolute Gasteiger partial charge is 0.367 e. The van der Waals surface area contributed by atoms with Crippen molar-refractivity contribution in [1.82, 2.24) is 4.90 Å². The lowest BCUT2D eigenvalue weighted by molar-refractivity contribution is 0.0999. The van der Waals surface area contributed by atoms with Gasteiger partial charge in [-0.3, -0.25) is 4.79 Å². The van der Waals surface area contributed by atoms with Gasteiger partial charge in [0.05, 0.1) is 18.6 Å². The lowest BCUT2D eigenvalue weighted by atomic mass is 10.00. The molecule has 0 atom stereocenters. The van der Waals surface area contributed by atoms with Crippen LogP contribution in [0.5, 0.6) is 0 Å². The summed E-state index contributed by atoms with van der Waals surface area (Å²) in [5, 5.41) is 0. The minimum atomic E-state index is 0.119. The smallest absolute Gasteiger partial charge is 0.182 e. The highest BCUT2D eigenvalue weighted by Crippen LogP contribution is 2.24. The lowest BCUT2D eigenvalue weighted by Crippen LogP contribution is -2.26. The zero-order valence-corrected chi connectivity index (χ0v) is 15.8. The molecular formula is C21H27N3O. The number of ketones is 1. The Hall–Kier alpha value is -2.62. The summed E-state index contributed by atoms with van der Waals surface area (Å²) in [4.78, 5) is 21.3. The molecule has 0 aliphatic rings. The average Bonchev–Trinajstić information content (AvgIpc) is 2.62. The highest BCUT2D eigenvalue weighted by molar-refractivity contribution is 6.01. The minimum Gasteiger partial charge on any atom is -0.367 e. The van der Waals surface area contributed by atoms with E-state index in [0.29, 0.717) is 6.54 Å². The molecule has 2 aromatic rings. The quantitative estimate of drug-likeness (QED) is 0.431. The second kappa shape index (κ2) is 8.47. The molecular weight excluding hydrogens is 310 g/mol. The van der Waals surface area contributed by atoms with Gasteiger partial charge in [-0.05, 0) is 56.2 Å². The molecule has 0 fully saturated rings. The Bertz CT molecular complexity index is 753. The zero-order chi connectivity index (χ0) is 18.4. The second-order valence-electron chi connectivity index (χ2n) is 6.39. The van der Waals surface area contributed by atoms with Crippen LogP contribution in [0.1, 0.15) is 28.4 Å².